The maximum Gasteiger partial charge on any atom is 0.339 e. The molecule has 122 valence electrons. The van der Waals surface area contributed by atoms with Crippen molar-refractivity contribution in [3.05, 3.63) is 34.9 Å². The number of esters is 2. The van der Waals surface area contributed by atoms with E-state index in [-0.39, 0.29) is 23.1 Å². The first kappa shape index (κ1) is 18.2. The first-order valence-corrected chi connectivity index (χ1v) is 7.80. The molecule has 0 radical (unpaired) electrons. The second kappa shape index (κ2) is 7.97. The van der Waals surface area contributed by atoms with E-state index in [1.807, 2.05) is 13.0 Å². The SMILES string of the molecule is CCCCOC(=O)c1ccc(C(C)(C)C)cc1C(=O)OCC. The van der Waals surface area contributed by atoms with Crippen LogP contribution in [-0.2, 0) is 14.9 Å². The van der Waals surface area contributed by atoms with Crippen LogP contribution in [0.5, 0.6) is 0 Å². The average molecular weight is 306 g/mol. The van der Waals surface area contributed by atoms with Gasteiger partial charge in [0.05, 0.1) is 24.3 Å². The van der Waals surface area contributed by atoms with E-state index in [4.69, 9.17) is 9.47 Å². The molecule has 1 rings (SSSR count). The van der Waals surface area contributed by atoms with E-state index in [9.17, 15) is 9.59 Å². The number of unbranched alkanes of at least 4 members (excludes halogenated alkanes) is 1. The fraction of sp³-hybridized carbons (Fsp3) is 0.556. The highest BCUT2D eigenvalue weighted by atomic mass is 16.5. The minimum absolute atomic E-state index is 0.119. The molecule has 0 aliphatic carbocycles. The zero-order valence-corrected chi connectivity index (χ0v) is 14.2. The van der Waals surface area contributed by atoms with Crippen molar-refractivity contribution in [2.24, 2.45) is 0 Å². The summed E-state index contributed by atoms with van der Waals surface area (Å²) in [5, 5.41) is 0. The van der Waals surface area contributed by atoms with Gasteiger partial charge in [0.2, 0.25) is 0 Å². The van der Waals surface area contributed by atoms with Gasteiger partial charge in [0, 0.05) is 0 Å². The van der Waals surface area contributed by atoms with Gasteiger partial charge in [0.1, 0.15) is 0 Å². The molecule has 0 unspecified atom stereocenters. The van der Waals surface area contributed by atoms with Crippen LogP contribution in [0.2, 0.25) is 0 Å². The molecule has 0 saturated heterocycles. The highest BCUT2D eigenvalue weighted by Gasteiger charge is 2.23. The molecule has 0 aromatic heterocycles. The van der Waals surface area contributed by atoms with Gasteiger partial charge in [-0.2, -0.15) is 0 Å². The lowest BCUT2D eigenvalue weighted by molar-refractivity contribution is 0.0463. The van der Waals surface area contributed by atoms with Gasteiger partial charge in [-0.25, -0.2) is 9.59 Å². The molecular weight excluding hydrogens is 280 g/mol. The average Bonchev–Trinajstić information content (AvgIpc) is 2.46. The predicted octanol–water partition coefficient (Wildman–Crippen LogP) is 4.12. The molecule has 0 heterocycles. The van der Waals surface area contributed by atoms with E-state index in [0.29, 0.717) is 6.61 Å². The van der Waals surface area contributed by atoms with E-state index in [1.165, 1.54) is 0 Å². The van der Waals surface area contributed by atoms with E-state index in [2.05, 4.69) is 20.8 Å². The molecular formula is C18H26O4. The van der Waals surface area contributed by atoms with Crippen LogP contribution in [-0.4, -0.2) is 25.2 Å². The lowest BCUT2D eigenvalue weighted by Gasteiger charge is -2.20. The molecule has 0 N–H and O–H groups in total. The Hall–Kier alpha value is -1.84. The number of hydrogen-bond donors (Lipinski definition) is 0. The van der Waals surface area contributed by atoms with Crippen LogP contribution in [0.3, 0.4) is 0 Å². The van der Waals surface area contributed by atoms with Gasteiger partial charge < -0.3 is 9.47 Å². The number of carbonyl (C=O) groups is 2. The smallest absolute Gasteiger partial charge is 0.339 e. The van der Waals surface area contributed by atoms with E-state index < -0.39 is 11.9 Å². The maximum absolute atomic E-state index is 12.2. The normalized spacial score (nSPS) is 11.1. The Kier molecular flexibility index (Phi) is 6.60. The third kappa shape index (κ3) is 4.86. The molecule has 0 spiro atoms. The molecule has 1 aromatic rings. The van der Waals surface area contributed by atoms with Gasteiger partial charge in [-0.05, 0) is 36.5 Å². The first-order valence-electron chi connectivity index (χ1n) is 7.80. The molecule has 0 bridgehead atoms. The van der Waals surface area contributed by atoms with Crippen LogP contribution >= 0.6 is 0 Å². The summed E-state index contributed by atoms with van der Waals surface area (Å²) in [6, 6.07) is 5.24. The molecule has 4 nitrogen and oxygen atoms in total. The molecule has 0 aliphatic heterocycles. The van der Waals surface area contributed by atoms with E-state index >= 15 is 0 Å². The molecule has 0 fully saturated rings. The summed E-state index contributed by atoms with van der Waals surface area (Å²) in [7, 11) is 0. The summed E-state index contributed by atoms with van der Waals surface area (Å²) < 4.78 is 10.3. The molecule has 4 heteroatoms. The lowest BCUT2D eigenvalue weighted by Crippen LogP contribution is -2.18. The first-order chi connectivity index (χ1) is 10.3. The Morgan fingerprint density at radius 1 is 1.00 bits per heavy atom. The van der Waals surface area contributed by atoms with Crippen LogP contribution in [0.25, 0.3) is 0 Å². The highest BCUT2D eigenvalue weighted by Crippen LogP contribution is 2.25. The third-order valence-electron chi connectivity index (χ3n) is 3.33. The Labute approximate surface area is 132 Å². The van der Waals surface area contributed by atoms with Crippen LogP contribution in [0.1, 0.15) is 73.7 Å². The predicted molar refractivity (Wildman–Crippen MR) is 86.3 cm³/mol. The van der Waals surface area contributed by atoms with Crippen LogP contribution in [0.15, 0.2) is 18.2 Å². The van der Waals surface area contributed by atoms with Gasteiger partial charge in [-0.1, -0.05) is 40.2 Å². The van der Waals surface area contributed by atoms with E-state index in [0.717, 1.165) is 18.4 Å². The van der Waals surface area contributed by atoms with Crippen molar-refractivity contribution in [2.45, 2.75) is 52.9 Å². The van der Waals surface area contributed by atoms with Crippen molar-refractivity contribution in [1.29, 1.82) is 0 Å². The molecule has 22 heavy (non-hydrogen) atoms. The quantitative estimate of drug-likeness (QED) is 0.586. The van der Waals surface area contributed by atoms with E-state index in [1.54, 1.807) is 19.1 Å². The van der Waals surface area contributed by atoms with Crippen molar-refractivity contribution < 1.29 is 19.1 Å². The number of hydrogen-bond acceptors (Lipinski definition) is 4. The zero-order valence-electron chi connectivity index (χ0n) is 14.2. The minimum Gasteiger partial charge on any atom is -0.462 e. The Morgan fingerprint density at radius 3 is 2.18 bits per heavy atom. The summed E-state index contributed by atoms with van der Waals surface area (Å²) in [6.45, 7) is 10.5. The number of ether oxygens (including phenoxy) is 2. The minimum atomic E-state index is -0.490. The van der Waals surface area contributed by atoms with Crippen molar-refractivity contribution in [1.82, 2.24) is 0 Å². The van der Waals surface area contributed by atoms with Gasteiger partial charge in [-0.3, -0.25) is 0 Å². The highest BCUT2D eigenvalue weighted by molar-refractivity contribution is 6.03. The number of benzene rings is 1. The molecule has 0 aliphatic rings. The lowest BCUT2D eigenvalue weighted by atomic mass is 9.85. The fourth-order valence-corrected chi connectivity index (χ4v) is 1.95. The molecule has 0 saturated carbocycles. The summed E-state index contributed by atoms with van der Waals surface area (Å²) >= 11 is 0. The van der Waals surface area contributed by atoms with Crippen molar-refractivity contribution in [3.8, 4) is 0 Å². The van der Waals surface area contributed by atoms with Crippen LogP contribution in [0.4, 0.5) is 0 Å². The zero-order chi connectivity index (χ0) is 16.8. The molecule has 1 aromatic carbocycles. The summed E-state index contributed by atoms with van der Waals surface area (Å²) in [5.74, 6) is -0.965. The number of rotatable bonds is 6. The molecule has 0 atom stereocenters. The second-order valence-corrected chi connectivity index (χ2v) is 6.22. The third-order valence-corrected chi connectivity index (χ3v) is 3.33. The largest absolute Gasteiger partial charge is 0.462 e. The molecule has 0 amide bonds. The van der Waals surface area contributed by atoms with Gasteiger partial charge in [-0.15, -0.1) is 0 Å². The second-order valence-electron chi connectivity index (χ2n) is 6.22. The summed E-state index contributed by atoms with van der Waals surface area (Å²) in [4.78, 5) is 24.3. The van der Waals surface area contributed by atoms with Gasteiger partial charge >= 0.3 is 11.9 Å². The monoisotopic (exact) mass is 306 g/mol. The van der Waals surface area contributed by atoms with Gasteiger partial charge in [0.25, 0.3) is 0 Å². The standard InChI is InChI=1S/C18H26O4/c1-6-8-11-22-16(19)14-10-9-13(18(3,4)5)12-15(14)17(20)21-7-2/h9-10,12H,6-8,11H2,1-5H3. The van der Waals surface area contributed by atoms with Crippen molar-refractivity contribution in [2.75, 3.05) is 13.2 Å². The Bertz CT molecular complexity index is 526. The Morgan fingerprint density at radius 2 is 1.64 bits per heavy atom. The number of carbonyl (C=O) groups excluding carboxylic acids is 2. The summed E-state index contributed by atoms with van der Waals surface area (Å²) in [6.07, 6.45) is 1.75. The van der Waals surface area contributed by atoms with Crippen molar-refractivity contribution in [3.63, 3.8) is 0 Å². The van der Waals surface area contributed by atoms with Crippen LogP contribution in [0, 0.1) is 0 Å². The summed E-state index contributed by atoms with van der Waals surface area (Å²) in [5.41, 5.74) is 1.39. The van der Waals surface area contributed by atoms with Crippen LogP contribution < -0.4 is 0 Å². The van der Waals surface area contributed by atoms with Gasteiger partial charge in [0.15, 0.2) is 0 Å². The Balaban J connectivity index is 3.14. The maximum atomic E-state index is 12.2. The van der Waals surface area contributed by atoms with Crippen molar-refractivity contribution >= 4 is 11.9 Å². The topological polar surface area (TPSA) is 52.6 Å². The fourth-order valence-electron chi connectivity index (χ4n) is 1.95.